The SMILES string of the molecule is Cc1cc(CN)cc(Oc2cc(F)ccc2F)n1. The third-order valence-corrected chi connectivity index (χ3v) is 2.33. The number of aromatic nitrogens is 1. The zero-order valence-corrected chi connectivity index (χ0v) is 9.78. The fourth-order valence-electron chi connectivity index (χ4n) is 1.55. The summed E-state index contributed by atoms with van der Waals surface area (Å²) in [4.78, 5) is 4.08. The smallest absolute Gasteiger partial charge is 0.219 e. The molecule has 2 rings (SSSR count). The number of hydrogen-bond donors (Lipinski definition) is 1. The minimum absolute atomic E-state index is 0.194. The number of hydrogen-bond acceptors (Lipinski definition) is 3. The van der Waals surface area contributed by atoms with Gasteiger partial charge in [0.2, 0.25) is 5.88 Å². The zero-order valence-electron chi connectivity index (χ0n) is 9.78. The average Bonchev–Trinajstić information content (AvgIpc) is 2.33. The quantitative estimate of drug-likeness (QED) is 0.911. The van der Waals surface area contributed by atoms with Gasteiger partial charge in [0.25, 0.3) is 0 Å². The Hall–Kier alpha value is -2.01. The van der Waals surface area contributed by atoms with Gasteiger partial charge in [-0.25, -0.2) is 13.8 Å². The molecule has 18 heavy (non-hydrogen) atoms. The van der Waals surface area contributed by atoms with Gasteiger partial charge >= 0.3 is 0 Å². The van der Waals surface area contributed by atoms with E-state index in [1.54, 1.807) is 19.1 Å². The standard InChI is InChI=1S/C13H12F2N2O/c1-8-4-9(7-16)5-13(17-8)18-12-6-10(14)2-3-11(12)15/h2-6H,7,16H2,1H3. The van der Waals surface area contributed by atoms with Crippen LogP contribution < -0.4 is 10.5 Å². The molecular formula is C13H12F2N2O. The van der Waals surface area contributed by atoms with Crippen LogP contribution in [0.25, 0.3) is 0 Å². The molecule has 1 heterocycles. The summed E-state index contributed by atoms with van der Waals surface area (Å²) in [6, 6.07) is 6.40. The van der Waals surface area contributed by atoms with E-state index in [1.807, 2.05) is 0 Å². The summed E-state index contributed by atoms with van der Waals surface area (Å²) in [6.45, 7) is 2.10. The Morgan fingerprint density at radius 1 is 1.22 bits per heavy atom. The molecule has 3 nitrogen and oxygen atoms in total. The lowest BCUT2D eigenvalue weighted by Crippen LogP contribution is -2.00. The Morgan fingerprint density at radius 3 is 2.72 bits per heavy atom. The van der Waals surface area contributed by atoms with Crippen LogP contribution >= 0.6 is 0 Å². The summed E-state index contributed by atoms with van der Waals surface area (Å²) < 4.78 is 31.6. The Bertz CT molecular complexity index is 573. The third kappa shape index (κ3) is 2.81. The van der Waals surface area contributed by atoms with Gasteiger partial charge < -0.3 is 10.5 Å². The van der Waals surface area contributed by atoms with Gasteiger partial charge in [-0.2, -0.15) is 0 Å². The molecule has 0 fully saturated rings. The maximum atomic E-state index is 13.4. The van der Waals surface area contributed by atoms with Gasteiger partial charge in [-0.1, -0.05) is 0 Å². The van der Waals surface area contributed by atoms with E-state index in [2.05, 4.69) is 4.98 Å². The molecule has 0 aliphatic rings. The topological polar surface area (TPSA) is 48.1 Å². The highest BCUT2D eigenvalue weighted by Gasteiger charge is 2.08. The van der Waals surface area contributed by atoms with Crippen LogP contribution in [0.3, 0.4) is 0 Å². The number of benzene rings is 1. The number of aryl methyl sites for hydroxylation is 1. The second-order valence-electron chi connectivity index (χ2n) is 3.84. The molecule has 94 valence electrons. The Morgan fingerprint density at radius 2 is 2.00 bits per heavy atom. The molecule has 1 aromatic carbocycles. The first kappa shape index (κ1) is 12.4. The molecule has 0 atom stereocenters. The highest BCUT2D eigenvalue weighted by molar-refractivity contribution is 5.32. The Labute approximate surface area is 103 Å². The first-order valence-electron chi connectivity index (χ1n) is 5.39. The minimum Gasteiger partial charge on any atom is -0.436 e. The van der Waals surface area contributed by atoms with Crippen LogP contribution in [0.4, 0.5) is 8.78 Å². The minimum atomic E-state index is -0.644. The highest BCUT2D eigenvalue weighted by Crippen LogP contribution is 2.24. The van der Waals surface area contributed by atoms with Gasteiger partial charge in [-0.05, 0) is 30.7 Å². The van der Waals surface area contributed by atoms with Crippen molar-refractivity contribution < 1.29 is 13.5 Å². The molecular weight excluding hydrogens is 238 g/mol. The van der Waals surface area contributed by atoms with Crippen molar-refractivity contribution in [2.45, 2.75) is 13.5 Å². The molecule has 5 heteroatoms. The van der Waals surface area contributed by atoms with Gasteiger partial charge in [0.05, 0.1) is 0 Å². The maximum Gasteiger partial charge on any atom is 0.219 e. The fourth-order valence-corrected chi connectivity index (χ4v) is 1.55. The van der Waals surface area contributed by atoms with E-state index in [9.17, 15) is 8.78 Å². The predicted octanol–water partition coefficient (Wildman–Crippen LogP) is 2.92. The van der Waals surface area contributed by atoms with E-state index in [0.717, 1.165) is 23.8 Å². The second-order valence-corrected chi connectivity index (χ2v) is 3.84. The number of pyridine rings is 1. The Kier molecular flexibility index (Phi) is 3.53. The molecule has 0 unspecified atom stereocenters. The van der Waals surface area contributed by atoms with Crippen LogP contribution in [0, 0.1) is 18.6 Å². The van der Waals surface area contributed by atoms with E-state index in [0.29, 0.717) is 12.2 Å². The summed E-state index contributed by atoms with van der Waals surface area (Å²) in [7, 11) is 0. The van der Waals surface area contributed by atoms with Gasteiger partial charge in [-0.15, -0.1) is 0 Å². The lowest BCUT2D eigenvalue weighted by Gasteiger charge is -2.08. The average molecular weight is 250 g/mol. The summed E-state index contributed by atoms with van der Waals surface area (Å²) in [5.41, 5.74) is 7.03. The van der Waals surface area contributed by atoms with Gasteiger partial charge in [0.1, 0.15) is 5.82 Å². The highest BCUT2D eigenvalue weighted by atomic mass is 19.1. The number of rotatable bonds is 3. The van der Waals surface area contributed by atoms with E-state index in [-0.39, 0.29) is 11.6 Å². The number of nitrogens with two attached hydrogens (primary N) is 1. The first-order chi connectivity index (χ1) is 8.58. The first-order valence-corrected chi connectivity index (χ1v) is 5.39. The van der Waals surface area contributed by atoms with E-state index >= 15 is 0 Å². The van der Waals surface area contributed by atoms with Crippen LogP contribution in [0.1, 0.15) is 11.3 Å². The molecule has 0 bridgehead atoms. The predicted molar refractivity (Wildman–Crippen MR) is 63.3 cm³/mol. The maximum absolute atomic E-state index is 13.4. The van der Waals surface area contributed by atoms with Crippen molar-refractivity contribution in [3.05, 3.63) is 53.2 Å². The molecule has 0 saturated carbocycles. The zero-order chi connectivity index (χ0) is 13.1. The summed E-state index contributed by atoms with van der Waals surface area (Å²) >= 11 is 0. The van der Waals surface area contributed by atoms with Crippen molar-refractivity contribution in [3.8, 4) is 11.6 Å². The number of ether oxygens (including phenoxy) is 1. The normalized spacial score (nSPS) is 10.4. The van der Waals surface area contributed by atoms with Crippen LogP contribution in [0.2, 0.25) is 0 Å². The van der Waals surface area contributed by atoms with Crippen molar-refractivity contribution in [1.29, 1.82) is 0 Å². The monoisotopic (exact) mass is 250 g/mol. The van der Waals surface area contributed by atoms with Gasteiger partial charge in [0.15, 0.2) is 11.6 Å². The molecule has 0 radical (unpaired) electrons. The molecule has 0 aliphatic heterocycles. The van der Waals surface area contributed by atoms with Crippen LogP contribution in [0.15, 0.2) is 30.3 Å². The second kappa shape index (κ2) is 5.10. The van der Waals surface area contributed by atoms with E-state index in [1.165, 1.54) is 0 Å². The summed E-state index contributed by atoms with van der Waals surface area (Å²) in [5, 5.41) is 0. The molecule has 0 saturated heterocycles. The van der Waals surface area contributed by atoms with Gasteiger partial charge in [-0.3, -0.25) is 0 Å². The third-order valence-electron chi connectivity index (χ3n) is 2.33. The molecule has 1 aromatic heterocycles. The summed E-state index contributed by atoms with van der Waals surface area (Å²) in [6.07, 6.45) is 0. The summed E-state index contributed by atoms with van der Waals surface area (Å²) in [5.74, 6) is -1.22. The molecule has 2 aromatic rings. The van der Waals surface area contributed by atoms with Gasteiger partial charge in [0, 0.05) is 24.4 Å². The fraction of sp³-hybridized carbons (Fsp3) is 0.154. The van der Waals surface area contributed by atoms with Crippen LogP contribution in [0.5, 0.6) is 11.6 Å². The van der Waals surface area contributed by atoms with E-state index in [4.69, 9.17) is 10.5 Å². The van der Waals surface area contributed by atoms with Crippen molar-refractivity contribution in [2.75, 3.05) is 0 Å². The van der Waals surface area contributed by atoms with Crippen molar-refractivity contribution >= 4 is 0 Å². The van der Waals surface area contributed by atoms with Crippen molar-refractivity contribution in [2.24, 2.45) is 5.73 Å². The number of nitrogens with zero attached hydrogens (tertiary/aromatic N) is 1. The molecule has 0 amide bonds. The molecule has 0 spiro atoms. The number of halogens is 2. The Balaban J connectivity index is 2.33. The van der Waals surface area contributed by atoms with E-state index < -0.39 is 11.6 Å². The van der Waals surface area contributed by atoms with Crippen LogP contribution in [-0.4, -0.2) is 4.98 Å². The van der Waals surface area contributed by atoms with Crippen molar-refractivity contribution in [1.82, 2.24) is 4.98 Å². The lowest BCUT2D eigenvalue weighted by molar-refractivity contribution is 0.421. The van der Waals surface area contributed by atoms with Crippen LogP contribution in [-0.2, 0) is 6.54 Å². The molecule has 2 N–H and O–H groups in total. The van der Waals surface area contributed by atoms with Crippen molar-refractivity contribution in [3.63, 3.8) is 0 Å². The largest absolute Gasteiger partial charge is 0.436 e. The molecule has 0 aliphatic carbocycles. The lowest BCUT2D eigenvalue weighted by atomic mass is 10.2.